The third kappa shape index (κ3) is 4.53. The molecule has 6 nitrogen and oxygen atoms in total. The van der Waals surface area contributed by atoms with Gasteiger partial charge in [0.15, 0.2) is 23.1 Å². The van der Waals surface area contributed by atoms with Gasteiger partial charge in [0.2, 0.25) is 0 Å². The number of fused-ring (bicyclic) bond motifs is 2. The maximum atomic E-state index is 15.7. The van der Waals surface area contributed by atoms with Gasteiger partial charge in [-0.2, -0.15) is 0 Å². The number of hydrogen-bond acceptors (Lipinski definition) is 6. The van der Waals surface area contributed by atoms with Crippen molar-refractivity contribution in [1.29, 1.82) is 0 Å². The largest absolute Gasteiger partial charge is 0.490 e. The lowest BCUT2D eigenvalue weighted by molar-refractivity contribution is 0.0777. The lowest BCUT2D eigenvalue weighted by Crippen LogP contribution is -2.40. The van der Waals surface area contributed by atoms with Crippen LogP contribution in [0, 0.1) is 5.82 Å². The fourth-order valence-corrected chi connectivity index (χ4v) is 5.16. The molecule has 36 heavy (non-hydrogen) atoms. The maximum absolute atomic E-state index is 15.7. The minimum absolute atomic E-state index is 0.0438. The van der Waals surface area contributed by atoms with Gasteiger partial charge in [-0.1, -0.05) is 26.8 Å². The molecule has 2 aliphatic rings. The van der Waals surface area contributed by atoms with Crippen LogP contribution >= 0.6 is 0 Å². The summed E-state index contributed by atoms with van der Waals surface area (Å²) in [5.74, 6) is -0.178. The first kappa shape index (κ1) is 26.6. The number of nitrogens with two attached hydrogens (primary N) is 1. The van der Waals surface area contributed by atoms with E-state index in [1.54, 1.807) is 26.8 Å². The Bertz CT molecular complexity index is 1140. The van der Waals surface area contributed by atoms with Gasteiger partial charge < -0.3 is 20.3 Å². The van der Waals surface area contributed by atoms with Crippen LogP contribution < -0.4 is 15.2 Å². The minimum Gasteiger partial charge on any atom is -0.490 e. The van der Waals surface area contributed by atoms with E-state index >= 15 is 4.39 Å². The molecule has 1 heterocycles. The second-order valence-electron chi connectivity index (χ2n) is 11.5. The van der Waals surface area contributed by atoms with Gasteiger partial charge in [-0.25, -0.2) is 4.39 Å². The summed E-state index contributed by atoms with van der Waals surface area (Å²) in [5.41, 5.74) is 8.17. The Morgan fingerprint density at radius 2 is 1.69 bits per heavy atom. The number of ketones is 1. The summed E-state index contributed by atoms with van der Waals surface area (Å²) in [6.45, 7) is 14.0. The molecule has 1 aliphatic carbocycles. The number of aliphatic hydroxyl groups is 1. The third-order valence-corrected chi connectivity index (χ3v) is 7.36. The number of rotatable bonds is 8. The molecular formula is C29H39FN2O4. The van der Waals surface area contributed by atoms with E-state index in [0.29, 0.717) is 35.7 Å². The molecule has 3 N–H and O–H groups in total. The number of Topliss-reactive ketones (excluding diaryl/α,β-unsaturated/α-hetero) is 1. The summed E-state index contributed by atoms with van der Waals surface area (Å²) < 4.78 is 27.0. The molecule has 1 aliphatic heterocycles. The topological polar surface area (TPSA) is 85.0 Å². The summed E-state index contributed by atoms with van der Waals surface area (Å²) in [4.78, 5) is 15.6. The van der Waals surface area contributed by atoms with Gasteiger partial charge in [0.05, 0.1) is 31.5 Å². The second kappa shape index (κ2) is 9.12. The summed E-state index contributed by atoms with van der Waals surface area (Å²) in [6, 6.07) is 7.45. The van der Waals surface area contributed by atoms with Crippen molar-refractivity contribution in [3.63, 3.8) is 0 Å². The van der Waals surface area contributed by atoms with E-state index in [2.05, 4.69) is 20.8 Å². The van der Waals surface area contributed by atoms with Crippen molar-refractivity contribution in [3.8, 4) is 11.5 Å². The number of carbonyl (C=O) groups excluding carboxylic acids is 1. The Morgan fingerprint density at radius 3 is 2.22 bits per heavy atom. The molecule has 0 bridgehead atoms. The van der Waals surface area contributed by atoms with E-state index in [1.807, 2.05) is 30.0 Å². The molecule has 1 spiro atoms. The Balaban J connectivity index is 1.73. The van der Waals surface area contributed by atoms with Gasteiger partial charge in [-0.3, -0.25) is 9.69 Å². The van der Waals surface area contributed by atoms with Crippen molar-refractivity contribution in [3.05, 3.63) is 57.9 Å². The van der Waals surface area contributed by atoms with Crippen molar-refractivity contribution < 1.29 is 23.8 Å². The first-order valence-electron chi connectivity index (χ1n) is 12.8. The van der Waals surface area contributed by atoms with Crippen LogP contribution in [0.4, 0.5) is 4.39 Å². The van der Waals surface area contributed by atoms with Crippen LogP contribution in [0.3, 0.4) is 0 Å². The maximum Gasteiger partial charge on any atom is 0.197 e. The van der Waals surface area contributed by atoms with Gasteiger partial charge >= 0.3 is 0 Å². The van der Waals surface area contributed by atoms with Gasteiger partial charge in [0, 0.05) is 16.7 Å². The first-order valence-corrected chi connectivity index (χ1v) is 12.8. The van der Waals surface area contributed by atoms with E-state index in [1.165, 1.54) is 0 Å². The molecule has 2 aromatic rings. The highest BCUT2D eigenvalue weighted by atomic mass is 19.1. The third-order valence-electron chi connectivity index (χ3n) is 7.36. The predicted octanol–water partition coefficient (Wildman–Crippen LogP) is 5.29. The van der Waals surface area contributed by atoms with Crippen LogP contribution in [0.2, 0.25) is 0 Å². The molecule has 0 radical (unpaired) electrons. The number of carbonyl (C=O) groups is 1. The van der Waals surface area contributed by atoms with Crippen LogP contribution in [0.25, 0.3) is 0 Å². The normalized spacial score (nSPS) is 18.9. The van der Waals surface area contributed by atoms with Crippen LogP contribution in [0.1, 0.15) is 100 Å². The van der Waals surface area contributed by atoms with E-state index < -0.39 is 23.1 Å². The SMILES string of the molecule is CCOc1cc2c(c(F)c1OCC)C(N)N(CC(=O)c1cc(C(C)(C)C)cc(C(C)(C)O)c1)C21CC1. The Kier molecular flexibility index (Phi) is 6.73. The molecule has 0 saturated heterocycles. The van der Waals surface area contributed by atoms with Gasteiger partial charge in [0.1, 0.15) is 0 Å². The highest BCUT2D eigenvalue weighted by Crippen LogP contribution is 2.61. The molecule has 0 aromatic heterocycles. The fourth-order valence-electron chi connectivity index (χ4n) is 5.16. The first-order chi connectivity index (χ1) is 16.7. The minimum atomic E-state index is -1.09. The molecule has 0 amide bonds. The lowest BCUT2D eigenvalue weighted by atomic mass is 9.82. The van der Waals surface area contributed by atoms with E-state index in [-0.39, 0.29) is 23.5 Å². The van der Waals surface area contributed by atoms with Gasteiger partial charge in [-0.15, -0.1) is 0 Å². The molecule has 7 heteroatoms. The highest BCUT2D eigenvalue weighted by molar-refractivity contribution is 5.98. The summed E-state index contributed by atoms with van der Waals surface area (Å²) >= 11 is 0. The predicted molar refractivity (Wildman–Crippen MR) is 138 cm³/mol. The van der Waals surface area contributed by atoms with E-state index in [0.717, 1.165) is 24.0 Å². The Labute approximate surface area is 213 Å². The fraction of sp³-hybridized carbons (Fsp3) is 0.552. The Hall–Kier alpha value is -2.48. The Morgan fingerprint density at radius 1 is 1.08 bits per heavy atom. The summed E-state index contributed by atoms with van der Waals surface area (Å²) in [7, 11) is 0. The molecule has 1 atom stereocenters. The number of halogens is 1. The zero-order valence-electron chi connectivity index (χ0n) is 22.5. The van der Waals surface area contributed by atoms with E-state index in [9.17, 15) is 9.90 Å². The van der Waals surface area contributed by atoms with Crippen molar-refractivity contribution in [2.24, 2.45) is 5.73 Å². The highest BCUT2D eigenvalue weighted by Gasteiger charge is 2.59. The second-order valence-corrected chi connectivity index (χ2v) is 11.5. The molecule has 1 saturated carbocycles. The van der Waals surface area contributed by atoms with Crippen LogP contribution in [0.15, 0.2) is 24.3 Å². The number of nitrogens with zero attached hydrogens (tertiary/aromatic N) is 1. The molecule has 4 rings (SSSR count). The van der Waals surface area contributed by atoms with E-state index in [4.69, 9.17) is 15.2 Å². The molecule has 1 unspecified atom stereocenters. The van der Waals surface area contributed by atoms with Gasteiger partial charge in [0.25, 0.3) is 0 Å². The summed E-state index contributed by atoms with van der Waals surface area (Å²) in [5, 5.41) is 10.7. The van der Waals surface area contributed by atoms with Crippen molar-refractivity contribution in [1.82, 2.24) is 4.90 Å². The molecular weight excluding hydrogens is 459 g/mol. The molecule has 2 aromatic carbocycles. The molecule has 1 fully saturated rings. The monoisotopic (exact) mass is 498 g/mol. The van der Waals surface area contributed by atoms with Crippen LogP contribution in [0.5, 0.6) is 11.5 Å². The average molecular weight is 499 g/mol. The summed E-state index contributed by atoms with van der Waals surface area (Å²) in [6.07, 6.45) is 0.800. The van der Waals surface area contributed by atoms with Crippen molar-refractivity contribution >= 4 is 5.78 Å². The number of hydrogen-bond donors (Lipinski definition) is 2. The molecule has 196 valence electrons. The lowest BCUT2D eigenvalue weighted by Gasteiger charge is -2.29. The number of benzene rings is 2. The van der Waals surface area contributed by atoms with Gasteiger partial charge in [-0.05, 0) is 80.8 Å². The smallest absolute Gasteiger partial charge is 0.197 e. The standard InChI is InChI=1S/C29H39FN2O4/c1-8-35-22-15-20-23(24(30)25(22)36-9-2)26(31)32(29(20)10-11-29)16-21(33)17-12-18(27(3,4)5)14-19(13-17)28(6,7)34/h12-15,26,34H,8-11,16,31H2,1-7H3. The number of ether oxygens (including phenoxy) is 2. The zero-order valence-corrected chi connectivity index (χ0v) is 22.5. The van der Waals surface area contributed by atoms with Crippen molar-refractivity contribution in [2.75, 3.05) is 19.8 Å². The zero-order chi connectivity index (χ0) is 26.6. The van der Waals surface area contributed by atoms with Crippen molar-refractivity contribution in [2.45, 2.75) is 84.0 Å². The van der Waals surface area contributed by atoms with Crippen LogP contribution in [-0.4, -0.2) is 35.5 Å². The average Bonchev–Trinajstić information content (AvgIpc) is 3.55. The quantitative estimate of drug-likeness (QED) is 0.481. The van der Waals surface area contributed by atoms with Crippen LogP contribution in [-0.2, 0) is 16.6 Å².